The highest BCUT2D eigenvalue weighted by Crippen LogP contribution is 2.06. The Morgan fingerprint density at radius 3 is 1.35 bits per heavy atom. The average Bonchev–Trinajstić information content (AvgIpc) is 3.20. The molecule has 2 aromatic rings. The SMILES string of the molecule is ClCCc1cncs1.ClCCc1cncs1.O=S(=O)(O)CCS(=O)(=O)O. The maximum Gasteiger partial charge on any atom is 0.265 e. The van der Waals surface area contributed by atoms with E-state index in [4.69, 9.17) is 32.3 Å². The third-order valence-electron chi connectivity index (χ3n) is 2.25. The molecule has 2 aromatic heterocycles. The lowest BCUT2D eigenvalue weighted by Gasteiger charge is -1.92. The number of alkyl halides is 2. The van der Waals surface area contributed by atoms with Crippen LogP contribution in [0.15, 0.2) is 23.4 Å². The molecule has 150 valence electrons. The second-order valence-corrected chi connectivity index (χ2v) is 10.2. The van der Waals surface area contributed by atoms with Gasteiger partial charge in [0.1, 0.15) is 0 Å². The Bertz CT molecular complexity index is 712. The van der Waals surface area contributed by atoms with E-state index in [9.17, 15) is 16.8 Å². The predicted molar refractivity (Wildman–Crippen MR) is 106 cm³/mol. The zero-order valence-electron chi connectivity index (χ0n) is 13.4. The van der Waals surface area contributed by atoms with Crippen molar-refractivity contribution in [3.63, 3.8) is 0 Å². The van der Waals surface area contributed by atoms with Crippen LogP contribution in [-0.2, 0) is 33.1 Å². The summed E-state index contributed by atoms with van der Waals surface area (Å²) in [5.41, 5.74) is 3.64. The van der Waals surface area contributed by atoms with Gasteiger partial charge in [-0.2, -0.15) is 16.8 Å². The van der Waals surface area contributed by atoms with Crippen LogP contribution in [0.4, 0.5) is 0 Å². The summed E-state index contributed by atoms with van der Waals surface area (Å²) < 4.78 is 55.4. The van der Waals surface area contributed by atoms with Crippen molar-refractivity contribution >= 4 is 66.1 Å². The monoisotopic (exact) mass is 484 g/mol. The summed E-state index contributed by atoms with van der Waals surface area (Å²) in [5.74, 6) is -0.567. The van der Waals surface area contributed by atoms with E-state index in [0.717, 1.165) is 12.8 Å². The fourth-order valence-electron chi connectivity index (χ4n) is 1.13. The molecule has 0 unspecified atom stereocenters. The lowest BCUT2D eigenvalue weighted by atomic mass is 10.4. The molecule has 8 nitrogen and oxygen atoms in total. The van der Waals surface area contributed by atoms with Crippen molar-refractivity contribution in [3.05, 3.63) is 33.2 Å². The molecule has 0 saturated heterocycles. The van der Waals surface area contributed by atoms with E-state index in [1.165, 1.54) is 9.75 Å². The fourth-order valence-corrected chi connectivity index (χ4v) is 4.64. The first-order chi connectivity index (χ1) is 12.1. The molecule has 0 fully saturated rings. The number of aryl methyl sites for hydroxylation is 2. The van der Waals surface area contributed by atoms with Crippen molar-refractivity contribution in [1.29, 1.82) is 0 Å². The Labute approximate surface area is 170 Å². The molecule has 0 atom stereocenters. The van der Waals surface area contributed by atoms with Crippen molar-refractivity contribution in [3.8, 4) is 0 Å². The van der Waals surface area contributed by atoms with E-state index < -0.39 is 31.7 Å². The van der Waals surface area contributed by atoms with Crippen LogP contribution in [0.1, 0.15) is 9.75 Å². The standard InChI is InChI=1S/2C5H6ClNS.C2H6O6S2/c2*6-2-1-5-3-7-4-8-5;3-9(4,5)1-2-10(6,7)8/h2*3-4H,1-2H2;1-2H2,(H,3,4,5)(H,6,7,8). The smallest absolute Gasteiger partial charge is 0.265 e. The van der Waals surface area contributed by atoms with Gasteiger partial charge in [-0.15, -0.1) is 45.9 Å². The normalized spacial score (nSPS) is 11.1. The minimum Gasteiger partial charge on any atom is -0.286 e. The fraction of sp³-hybridized carbons (Fsp3) is 0.500. The zero-order valence-corrected chi connectivity index (χ0v) is 18.1. The number of thiazole rings is 2. The van der Waals surface area contributed by atoms with Gasteiger partial charge in [0.2, 0.25) is 0 Å². The number of nitrogens with zero attached hydrogens (tertiary/aromatic N) is 2. The zero-order chi connectivity index (χ0) is 20.1. The Morgan fingerprint density at radius 1 is 0.808 bits per heavy atom. The number of aromatic nitrogens is 2. The van der Waals surface area contributed by atoms with Gasteiger partial charge < -0.3 is 0 Å². The highest BCUT2D eigenvalue weighted by atomic mass is 35.5. The van der Waals surface area contributed by atoms with E-state index in [0.29, 0.717) is 11.8 Å². The Hall–Kier alpha value is -0.340. The molecule has 2 N–H and O–H groups in total. The average molecular weight is 485 g/mol. The van der Waals surface area contributed by atoms with Crippen LogP contribution in [-0.4, -0.2) is 59.2 Å². The van der Waals surface area contributed by atoms with Gasteiger partial charge >= 0.3 is 0 Å². The van der Waals surface area contributed by atoms with Crippen LogP contribution in [0.2, 0.25) is 0 Å². The number of halogens is 2. The molecular formula is C12H18Cl2N2O6S4. The summed E-state index contributed by atoms with van der Waals surface area (Å²) >= 11 is 14.2. The molecule has 0 aromatic carbocycles. The van der Waals surface area contributed by atoms with Crippen LogP contribution >= 0.6 is 45.9 Å². The first-order valence-electron chi connectivity index (χ1n) is 6.84. The maximum atomic E-state index is 9.86. The van der Waals surface area contributed by atoms with Gasteiger partial charge in [-0.1, -0.05) is 0 Å². The molecule has 0 aliphatic rings. The molecule has 0 radical (unpaired) electrons. The predicted octanol–water partition coefficient (Wildman–Crippen LogP) is 2.61. The first-order valence-corrected chi connectivity index (χ1v) is 12.9. The molecule has 2 heterocycles. The van der Waals surface area contributed by atoms with Gasteiger partial charge in [-0.25, -0.2) is 0 Å². The summed E-state index contributed by atoms with van der Waals surface area (Å²) in [6, 6.07) is 0. The Kier molecular flexibility index (Phi) is 13.6. The second-order valence-electron chi connectivity index (χ2n) is 4.39. The van der Waals surface area contributed by atoms with Gasteiger partial charge in [0, 0.05) is 33.9 Å². The molecule has 0 aliphatic heterocycles. The van der Waals surface area contributed by atoms with Crippen molar-refractivity contribution < 1.29 is 25.9 Å². The summed E-state index contributed by atoms with van der Waals surface area (Å²) in [6.45, 7) is 0. The lowest BCUT2D eigenvalue weighted by Crippen LogP contribution is -2.15. The topological polar surface area (TPSA) is 135 Å². The quantitative estimate of drug-likeness (QED) is 0.452. The summed E-state index contributed by atoms with van der Waals surface area (Å²) in [5, 5.41) is 0. The van der Waals surface area contributed by atoms with Crippen LogP contribution in [0.5, 0.6) is 0 Å². The van der Waals surface area contributed by atoms with Crippen LogP contribution in [0, 0.1) is 0 Å². The van der Waals surface area contributed by atoms with E-state index in [1.807, 2.05) is 23.4 Å². The summed E-state index contributed by atoms with van der Waals surface area (Å²) in [6.07, 6.45) is 5.61. The van der Waals surface area contributed by atoms with Gasteiger partial charge in [-0.3, -0.25) is 19.1 Å². The third kappa shape index (κ3) is 17.1. The van der Waals surface area contributed by atoms with Crippen molar-refractivity contribution in [2.75, 3.05) is 23.3 Å². The molecule has 0 aliphatic carbocycles. The summed E-state index contributed by atoms with van der Waals surface area (Å²) in [7, 11) is -8.59. The van der Waals surface area contributed by atoms with Gasteiger partial charge in [-0.05, 0) is 12.8 Å². The minimum atomic E-state index is -4.30. The van der Waals surface area contributed by atoms with Crippen molar-refractivity contribution in [2.45, 2.75) is 12.8 Å². The minimum absolute atomic E-state index is 0.697. The van der Waals surface area contributed by atoms with Crippen LogP contribution in [0.25, 0.3) is 0 Å². The maximum absolute atomic E-state index is 9.86. The van der Waals surface area contributed by atoms with Gasteiger partial charge in [0.15, 0.2) is 0 Å². The lowest BCUT2D eigenvalue weighted by molar-refractivity contribution is 0.472. The Morgan fingerprint density at radius 2 is 1.15 bits per heavy atom. The molecular weight excluding hydrogens is 467 g/mol. The molecule has 0 amide bonds. The van der Waals surface area contributed by atoms with Crippen molar-refractivity contribution in [2.24, 2.45) is 0 Å². The van der Waals surface area contributed by atoms with E-state index in [2.05, 4.69) is 9.97 Å². The second kappa shape index (κ2) is 13.8. The van der Waals surface area contributed by atoms with Gasteiger partial charge in [0.25, 0.3) is 20.2 Å². The van der Waals surface area contributed by atoms with Crippen LogP contribution < -0.4 is 0 Å². The van der Waals surface area contributed by atoms with Crippen molar-refractivity contribution in [1.82, 2.24) is 9.97 Å². The third-order valence-corrected chi connectivity index (χ3v) is 6.00. The molecule has 14 heteroatoms. The van der Waals surface area contributed by atoms with Crippen LogP contribution in [0.3, 0.4) is 0 Å². The van der Waals surface area contributed by atoms with E-state index in [-0.39, 0.29) is 0 Å². The largest absolute Gasteiger partial charge is 0.286 e. The summed E-state index contributed by atoms with van der Waals surface area (Å²) in [4.78, 5) is 10.3. The molecule has 0 saturated carbocycles. The highest BCUT2D eigenvalue weighted by molar-refractivity contribution is 7.89. The molecule has 26 heavy (non-hydrogen) atoms. The molecule has 0 spiro atoms. The van der Waals surface area contributed by atoms with E-state index >= 15 is 0 Å². The Balaban J connectivity index is 0.000000363. The number of rotatable bonds is 7. The molecule has 0 bridgehead atoms. The molecule has 2 rings (SSSR count). The van der Waals surface area contributed by atoms with E-state index in [1.54, 1.807) is 22.7 Å². The first kappa shape index (κ1) is 25.7. The number of hydrogen-bond acceptors (Lipinski definition) is 8. The number of hydrogen-bond donors (Lipinski definition) is 2. The highest BCUT2D eigenvalue weighted by Gasteiger charge is 2.11. The van der Waals surface area contributed by atoms with Gasteiger partial charge in [0.05, 0.1) is 22.5 Å².